The molecule has 0 aliphatic heterocycles. The first-order chi connectivity index (χ1) is 11.9. The van der Waals surface area contributed by atoms with Crippen LogP contribution in [-0.2, 0) is 6.42 Å². The van der Waals surface area contributed by atoms with Crippen LogP contribution in [0.3, 0.4) is 0 Å². The number of rotatable bonds is 5. The lowest BCUT2D eigenvalue weighted by Crippen LogP contribution is -2.13. The van der Waals surface area contributed by atoms with Gasteiger partial charge >= 0.3 is 0 Å². The minimum Gasteiger partial charge on any atom is -0.296 e. The molecule has 3 aromatic rings. The molecule has 2 heterocycles. The molecule has 2 aromatic heterocycles. The summed E-state index contributed by atoms with van der Waals surface area (Å²) in [6, 6.07) is 7.31. The van der Waals surface area contributed by atoms with Gasteiger partial charge in [0.15, 0.2) is 10.8 Å². The number of nitrogens with one attached hydrogen (secondary N) is 1. The zero-order valence-corrected chi connectivity index (χ0v) is 16.0. The molecular formula is C17H16Cl2N4OS. The summed E-state index contributed by atoms with van der Waals surface area (Å²) in [6.07, 6.45) is 4.15. The number of aromatic nitrogens is 3. The molecule has 0 radical (unpaired) electrons. The number of hydrogen-bond acceptors (Lipinski definition) is 4. The van der Waals surface area contributed by atoms with Gasteiger partial charge in [0.25, 0.3) is 5.91 Å². The largest absolute Gasteiger partial charge is 0.296 e. The Hall–Kier alpha value is -1.89. The van der Waals surface area contributed by atoms with E-state index in [1.807, 2.05) is 19.9 Å². The number of amides is 1. The van der Waals surface area contributed by atoms with Crippen LogP contribution in [0, 0.1) is 0 Å². The van der Waals surface area contributed by atoms with Crippen molar-refractivity contribution in [3.05, 3.63) is 62.8 Å². The summed E-state index contributed by atoms with van der Waals surface area (Å²) < 4.78 is 1.74. The van der Waals surface area contributed by atoms with Crippen molar-refractivity contribution in [3.63, 3.8) is 0 Å². The average Bonchev–Trinajstić information content (AvgIpc) is 3.19. The second-order valence-electron chi connectivity index (χ2n) is 5.77. The highest BCUT2D eigenvalue weighted by atomic mass is 35.5. The summed E-state index contributed by atoms with van der Waals surface area (Å²) in [5.41, 5.74) is 1.33. The lowest BCUT2D eigenvalue weighted by atomic mass is 10.1. The number of halogens is 2. The fourth-order valence-electron chi connectivity index (χ4n) is 2.21. The third-order valence-electron chi connectivity index (χ3n) is 3.52. The van der Waals surface area contributed by atoms with Gasteiger partial charge in [-0.25, -0.2) is 4.98 Å². The van der Waals surface area contributed by atoms with E-state index in [9.17, 15) is 4.79 Å². The van der Waals surface area contributed by atoms with Crippen molar-refractivity contribution in [3.8, 4) is 0 Å². The molecule has 1 aromatic carbocycles. The Morgan fingerprint density at radius 3 is 2.80 bits per heavy atom. The predicted octanol–water partition coefficient (Wildman–Crippen LogP) is 5.07. The summed E-state index contributed by atoms with van der Waals surface area (Å²) >= 11 is 13.5. The van der Waals surface area contributed by atoms with Gasteiger partial charge in [0.05, 0.1) is 0 Å². The molecule has 130 valence electrons. The van der Waals surface area contributed by atoms with Gasteiger partial charge in [-0.3, -0.25) is 14.8 Å². The smallest absolute Gasteiger partial charge is 0.277 e. The number of benzene rings is 1. The molecule has 0 atom stereocenters. The summed E-state index contributed by atoms with van der Waals surface area (Å²) in [5, 5.41) is 8.78. The standard InChI is InChI=1S/C17H16Cl2N4OS/c1-10(2)23-6-5-15(22-23)16(24)21-17-20-9-13(25-17)7-11-3-4-12(18)8-14(11)19/h3-6,8-10H,7H2,1-2H3,(H,20,21,24). The summed E-state index contributed by atoms with van der Waals surface area (Å²) in [5.74, 6) is -0.273. The van der Waals surface area contributed by atoms with Gasteiger partial charge < -0.3 is 0 Å². The Kier molecular flexibility index (Phi) is 5.42. The summed E-state index contributed by atoms with van der Waals surface area (Å²) in [6.45, 7) is 4.01. The van der Waals surface area contributed by atoms with Crippen LogP contribution in [0.25, 0.3) is 0 Å². The van der Waals surface area contributed by atoms with Crippen molar-refractivity contribution in [1.82, 2.24) is 14.8 Å². The molecule has 0 aliphatic carbocycles. The predicted molar refractivity (Wildman–Crippen MR) is 102 cm³/mol. The molecule has 25 heavy (non-hydrogen) atoms. The Balaban J connectivity index is 1.67. The molecule has 0 spiro atoms. The first-order valence-corrected chi connectivity index (χ1v) is 9.25. The monoisotopic (exact) mass is 394 g/mol. The maximum absolute atomic E-state index is 12.3. The summed E-state index contributed by atoms with van der Waals surface area (Å²) in [4.78, 5) is 17.5. The zero-order chi connectivity index (χ0) is 18.0. The van der Waals surface area contributed by atoms with E-state index >= 15 is 0 Å². The van der Waals surface area contributed by atoms with E-state index in [-0.39, 0.29) is 11.9 Å². The van der Waals surface area contributed by atoms with Crippen molar-refractivity contribution in [2.75, 3.05) is 5.32 Å². The zero-order valence-electron chi connectivity index (χ0n) is 13.7. The Morgan fingerprint density at radius 2 is 2.12 bits per heavy atom. The highest BCUT2D eigenvalue weighted by molar-refractivity contribution is 7.15. The topological polar surface area (TPSA) is 59.8 Å². The van der Waals surface area contributed by atoms with Crippen LogP contribution in [0.15, 0.2) is 36.7 Å². The SMILES string of the molecule is CC(C)n1ccc(C(=O)Nc2ncc(Cc3ccc(Cl)cc3Cl)s2)n1. The molecular weight excluding hydrogens is 379 g/mol. The molecule has 1 amide bonds. The Bertz CT molecular complexity index is 904. The molecule has 0 aliphatic rings. The van der Waals surface area contributed by atoms with Crippen LogP contribution < -0.4 is 5.32 Å². The quantitative estimate of drug-likeness (QED) is 0.656. The fourth-order valence-corrected chi connectivity index (χ4v) is 3.51. The van der Waals surface area contributed by atoms with E-state index in [2.05, 4.69) is 15.4 Å². The number of carbonyl (C=O) groups excluding carboxylic acids is 1. The molecule has 0 fully saturated rings. The van der Waals surface area contributed by atoms with Crippen LogP contribution in [0.4, 0.5) is 5.13 Å². The highest BCUT2D eigenvalue weighted by Gasteiger charge is 2.13. The van der Waals surface area contributed by atoms with Gasteiger partial charge in [-0.2, -0.15) is 5.10 Å². The van der Waals surface area contributed by atoms with Crippen LogP contribution in [-0.4, -0.2) is 20.7 Å². The summed E-state index contributed by atoms with van der Waals surface area (Å²) in [7, 11) is 0. The van der Waals surface area contributed by atoms with Crippen molar-refractivity contribution >= 4 is 45.6 Å². The molecule has 1 N–H and O–H groups in total. The molecule has 0 unspecified atom stereocenters. The van der Waals surface area contributed by atoms with Gasteiger partial charge in [-0.15, -0.1) is 11.3 Å². The van der Waals surface area contributed by atoms with E-state index < -0.39 is 0 Å². The molecule has 0 saturated carbocycles. The van der Waals surface area contributed by atoms with Crippen LogP contribution in [0.1, 0.15) is 40.8 Å². The number of hydrogen-bond donors (Lipinski definition) is 1. The minimum absolute atomic E-state index is 0.206. The normalized spacial score (nSPS) is 11.1. The van der Waals surface area contributed by atoms with Gasteiger partial charge in [0.1, 0.15) is 0 Å². The van der Waals surface area contributed by atoms with E-state index in [0.717, 1.165) is 10.4 Å². The van der Waals surface area contributed by atoms with Crippen molar-refractivity contribution in [1.29, 1.82) is 0 Å². The maximum atomic E-state index is 12.3. The first-order valence-electron chi connectivity index (χ1n) is 7.67. The third kappa shape index (κ3) is 4.39. The van der Waals surface area contributed by atoms with Crippen LogP contribution >= 0.6 is 34.5 Å². The second-order valence-corrected chi connectivity index (χ2v) is 7.73. The van der Waals surface area contributed by atoms with Gasteiger partial charge in [0, 0.05) is 39.8 Å². The lowest BCUT2D eigenvalue weighted by molar-refractivity contribution is 0.102. The van der Waals surface area contributed by atoms with E-state index in [0.29, 0.717) is 27.3 Å². The minimum atomic E-state index is -0.273. The molecule has 8 heteroatoms. The Morgan fingerprint density at radius 1 is 1.32 bits per heavy atom. The van der Waals surface area contributed by atoms with E-state index in [1.165, 1.54) is 11.3 Å². The average molecular weight is 395 g/mol. The van der Waals surface area contributed by atoms with E-state index in [1.54, 1.807) is 35.3 Å². The van der Waals surface area contributed by atoms with Crippen molar-refractivity contribution in [2.45, 2.75) is 26.3 Å². The third-order valence-corrected chi connectivity index (χ3v) is 5.02. The number of nitrogens with zero attached hydrogens (tertiary/aromatic N) is 3. The molecule has 0 saturated heterocycles. The van der Waals surface area contributed by atoms with Gasteiger partial charge in [-0.05, 0) is 37.6 Å². The number of anilines is 1. The maximum Gasteiger partial charge on any atom is 0.277 e. The fraction of sp³-hybridized carbons (Fsp3) is 0.235. The van der Waals surface area contributed by atoms with Crippen LogP contribution in [0.2, 0.25) is 10.0 Å². The first kappa shape index (κ1) is 17.9. The highest BCUT2D eigenvalue weighted by Crippen LogP contribution is 2.27. The van der Waals surface area contributed by atoms with Gasteiger partial charge in [-0.1, -0.05) is 29.3 Å². The second kappa shape index (κ2) is 7.56. The molecule has 3 rings (SSSR count). The number of thiazole rings is 1. The molecule has 0 bridgehead atoms. The van der Waals surface area contributed by atoms with Crippen molar-refractivity contribution < 1.29 is 4.79 Å². The van der Waals surface area contributed by atoms with E-state index in [4.69, 9.17) is 23.2 Å². The number of carbonyl (C=O) groups is 1. The van der Waals surface area contributed by atoms with Crippen molar-refractivity contribution in [2.24, 2.45) is 0 Å². The van der Waals surface area contributed by atoms with Gasteiger partial charge in [0.2, 0.25) is 0 Å². The lowest BCUT2D eigenvalue weighted by Gasteiger charge is -2.03. The molecule has 5 nitrogen and oxygen atoms in total. The Labute approximate surface area is 159 Å². The van der Waals surface area contributed by atoms with Crippen LogP contribution in [0.5, 0.6) is 0 Å².